The Hall–Kier alpha value is -3.43. The molecule has 2 aromatic carbocycles. The smallest absolute Gasteiger partial charge is 0.254 e. The number of amides is 2. The Morgan fingerprint density at radius 2 is 1.76 bits per heavy atom. The van der Waals surface area contributed by atoms with Crippen molar-refractivity contribution in [1.29, 1.82) is 0 Å². The van der Waals surface area contributed by atoms with E-state index >= 15 is 0 Å². The van der Waals surface area contributed by atoms with E-state index in [1.807, 2.05) is 11.0 Å². The van der Waals surface area contributed by atoms with E-state index in [0.29, 0.717) is 56.2 Å². The fourth-order valence-corrected chi connectivity index (χ4v) is 6.35. The third-order valence-electron chi connectivity index (χ3n) is 7.38. The second-order valence-corrected chi connectivity index (χ2v) is 10.5. The van der Waals surface area contributed by atoms with Crippen LogP contribution in [0.2, 0.25) is 0 Å². The van der Waals surface area contributed by atoms with Gasteiger partial charge in [0.05, 0.1) is 6.04 Å². The number of hydrogen-bond donors (Lipinski definition) is 0. The average molecular weight is 522 g/mol. The monoisotopic (exact) mass is 521 g/mol. The third-order valence-corrected chi connectivity index (χ3v) is 8.38. The van der Waals surface area contributed by atoms with E-state index < -0.39 is 0 Å². The summed E-state index contributed by atoms with van der Waals surface area (Å²) in [4.78, 5) is 33.3. The zero-order chi connectivity index (χ0) is 25.4. The van der Waals surface area contributed by atoms with Gasteiger partial charge in [-0.15, -0.1) is 11.3 Å². The highest BCUT2D eigenvalue weighted by molar-refractivity contribution is 7.10. The SMILES string of the molecule is O=C(CCN1CCc2sccc2[C@@H]1c1cccc(F)c1)N1CCN(C(=O)c2ccc3c(c2)OCO3)CC1. The maximum Gasteiger partial charge on any atom is 0.254 e. The molecule has 7 nitrogen and oxygen atoms in total. The van der Waals surface area contributed by atoms with Gasteiger partial charge in [-0.2, -0.15) is 0 Å². The highest BCUT2D eigenvalue weighted by Gasteiger charge is 2.31. The number of carbonyl (C=O) groups excluding carboxylic acids is 2. The molecule has 0 N–H and O–H groups in total. The Morgan fingerprint density at radius 3 is 2.59 bits per heavy atom. The van der Waals surface area contributed by atoms with Crippen LogP contribution in [-0.4, -0.2) is 72.6 Å². The standard InChI is InChI=1S/C28H28FN3O4S/c29-21-3-1-2-19(16-21)27-22-8-15-37-25(22)6-9-31(27)10-7-26(33)30-11-13-32(14-12-30)28(34)20-4-5-23-24(17-20)36-18-35-23/h1-5,8,15-17,27H,6-7,9-14,18H2/t27-/m0/s1. The minimum atomic E-state index is -0.246. The first-order valence-electron chi connectivity index (χ1n) is 12.6. The Morgan fingerprint density at radius 1 is 0.946 bits per heavy atom. The zero-order valence-corrected chi connectivity index (χ0v) is 21.2. The number of fused-ring (bicyclic) bond motifs is 2. The molecule has 3 aromatic rings. The number of rotatable bonds is 5. The van der Waals surface area contributed by atoms with E-state index in [9.17, 15) is 14.0 Å². The van der Waals surface area contributed by atoms with Crippen molar-refractivity contribution < 1.29 is 23.5 Å². The molecule has 1 aromatic heterocycles. The van der Waals surface area contributed by atoms with Crippen LogP contribution < -0.4 is 9.47 Å². The summed E-state index contributed by atoms with van der Waals surface area (Å²) in [6.45, 7) is 3.61. The molecule has 0 saturated carbocycles. The van der Waals surface area contributed by atoms with Crippen molar-refractivity contribution >= 4 is 23.2 Å². The molecule has 1 atom stereocenters. The molecular formula is C28H28FN3O4S. The minimum Gasteiger partial charge on any atom is -0.454 e. The van der Waals surface area contributed by atoms with E-state index in [4.69, 9.17) is 9.47 Å². The lowest BCUT2D eigenvalue weighted by molar-refractivity contribution is -0.133. The summed E-state index contributed by atoms with van der Waals surface area (Å²) in [5.74, 6) is 1.01. The highest BCUT2D eigenvalue weighted by atomic mass is 32.1. The van der Waals surface area contributed by atoms with Gasteiger partial charge in [-0.3, -0.25) is 14.5 Å². The summed E-state index contributed by atoms with van der Waals surface area (Å²) in [6.07, 6.45) is 1.33. The zero-order valence-electron chi connectivity index (χ0n) is 20.4. The summed E-state index contributed by atoms with van der Waals surface area (Å²) < 4.78 is 24.8. The van der Waals surface area contributed by atoms with Crippen LogP contribution in [0, 0.1) is 5.82 Å². The maximum absolute atomic E-state index is 14.0. The van der Waals surface area contributed by atoms with Gasteiger partial charge in [-0.1, -0.05) is 12.1 Å². The second kappa shape index (κ2) is 10.1. The Labute approximate surface area is 219 Å². The Kier molecular flexibility index (Phi) is 6.56. The lowest BCUT2D eigenvalue weighted by Crippen LogP contribution is -2.51. The summed E-state index contributed by atoms with van der Waals surface area (Å²) in [7, 11) is 0. The van der Waals surface area contributed by atoms with E-state index in [-0.39, 0.29) is 30.5 Å². The van der Waals surface area contributed by atoms with Crippen LogP contribution in [0.5, 0.6) is 11.5 Å². The van der Waals surface area contributed by atoms with Gasteiger partial charge in [0.15, 0.2) is 11.5 Å². The van der Waals surface area contributed by atoms with Crippen molar-refractivity contribution in [1.82, 2.24) is 14.7 Å². The average Bonchev–Trinajstić information content (AvgIpc) is 3.60. The number of benzene rings is 2. The molecule has 37 heavy (non-hydrogen) atoms. The van der Waals surface area contributed by atoms with Gasteiger partial charge in [0, 0.05) is 56.1 Å². The fourth-order valence-electron chi connectivity index (χ4n) is 5.44. The number of thiophene rings is 1. The Balaban J connectivity index is 1.06. The predicted octanol–water partition coefficient (Wildman–Crippen LogP) is 3.94. The van der Waals surface area contributed by atoms with E-state index in [1.165, 1.54) is 16.5 Å². The van der Waals surface area contributed by atoms with Crippen LogP contribution in [0.3, 0.4) is 0 Å². The van der Waals surface area contributed by atoms with Crippen LogP contribution in [0.25, 0.3) is 0 Å². The lowest BCUT2D eigenvalue weighted by atomic mass is 9.93. The van der Waals surface area contributed by atoms with Crippen molar-refractivity contribution in [3.05, 3.63) is 81.3 Å². The topological polar surface area (TPSA) is 62.3 Å². The molecule has 0 aliphatic carbocycles. The Bertz CT molecular complexity index is 1320. The molecule has 0 radical (unpaired) electrons. The quantitative estimate of drug-likeness (QED) is 0.509. The van der Waals surface area contributed by atoms with E-state index in [1.54, 1.807) is 46.6 Å². The number of halogens is 1. The lowest BCUT2D eigenvalue weighted by Gasteiger charge is -2.38. The molecule has 0 spiro atoms. The maximum atomic E-state index is 14.0. The molecular weight excluding hydrogens is 493 g/mol. The molecule has 3 aliphatic rings. The van der Waals surface area contributed by atoms with E-state index in [2.05, 4.69) is 16.3 Å². The van der Waals surface area contributed by atoms with Crippen LogP contribution in [-0.2, 0) is 11.2 Å². The van der Waals surface area contributed by atoms with Gasteiger partial charge < -0.3 is 19.3 Å². The number of hydrogen-bond acceptors (Lipinski definition) is 6. The first kappa shape index (κ1) is 23.9. The number of nitrogens with zero attached hydrogens (tertiary/aromatic N) is 3. The minimum absolute atomic E-state index is 0.0466. The molecule has 2 amide bonds. The van der Waals surface area contributed by atoms with Gasteiger partial charge in [-0.05, 0) is 59.3 Å². The summed E-state index contributed by atoms with van der Waals surface area (Å²) in [5.41, 5.74) is 2.69. The molecule has 3 aliphatic heterocycles. The molecule has 1 saturated heterocycles. The van der Waals surface area contributed by atoms with Gasteiger partial charge in [0.1, 0.15) is 5.82 Å². The molecule has 0 unspecified atom stereocenters. The summed E-state index contributed by atoms with van der Waals surface area (Å²) in [5, 5.41) is 2.09. The van der Waals surface area contributed by atoms with Gasteiger partial charge >= 0.3 is 0 Å². The van der Waals surface area contributed by atoms with Gasteiger partial charge in [0.25, 0.3) is 5.91 Å². The van der Waals surface area contributed by atoms with Crippen LogP contribution in [0.1, 0.15) is 38.8 Å². The molecule has 192 valence electrons. The first-order chi connectivity index (χ1) is 18.1. The first-order valence-corrected chi connectivity index (χ1v) is 13.5. The van der Waals surface area contributed by atoms with Crippen LogP contribution >= 0.6 is 11.3 Å². The molecule has 4 heterocycles. The molecule has 1 fully saturated rings. The van der Waals surface area contributed by atoms with Crippen LogP contribution in [0.4, 0.5) is 4.39 Å². The largest absolute Gasteiger partial charge is 0.454 e. The summed E-state index contributed by atoms with van der Waals surface area (Å²) >= 11 is 1.74. The number of piperazine rings is 1. The van der Waals surface area contributed by atoms with E-state index in [0.717, 1.165) is 18.5 Å². The van der Waals surface area contributed by atoms with Crippen molar-refractivity contribution in [2.75, 3.05) is 46.1 Å². The van der Waals surface area contributed by atoms with Gasteiger partial charge in [-0.25, -0.2) is 4.39 Å². The second-order valence-electron chi connectivity index (χ2n) is 9.53. The van der Waals surface area contributed by atoms with Crippen molar-refractivity contribution in [3.8, 4) is 11.5 Å². The van der Waals surface area contributed by atoms with Crippen molar-refractivity contribution in [2.24, 2.45) is 0 Å². The third kappa shape index (κ3) is 4.81. The highest BCUT2D eigenvalue weighted by Crippen LogP contribution is 2.38. The van der Waals surface area contributed by atoms with Crippen LogP contribution in [0.15, 0.2) is 53.9 Å². The summed E-state index contributed by atoms with van der Waals surface area (Å²) in [6, 6.07) is 14.1. The van der Waals surface area contributed by atoms with Crippen molar-refractivity contribution in [2.45, 2.75) is 18.9 Å². The molecule has 0 bridgehead atoms. The normalized spacial score (nSPS) is 19.1. The van der Waals surface area contributed by atoms with Gasteiger partial charge in [0.2, 0.25) is 12.7 Å². The van der Waals surface area contributed by atoms with Crippen molar-refractivity contribution in [3.63, 3.8) is 0 Å². The molecule has 6 rings (SSSR count). The number of ether oxygens (including phenoxy) is 2. The molecule has 9 heteroatoms. The fraction of sp³-hybridized carbons (Fsp3) is 0.357. The number of carbonyl (C=O) groups is 2. The predicted molar refractivity (Wildman–Crippen MR) is 138 cm³/mol.